The molecule has 0 aromatic heterocycles. The van der Waals surface area contributed by atoms with E-state index in [2.05, 4.69) is 17.9 Å². The van der Waals surface area contributed by atoms with Gasteiger partial charge in [-0.25, -0.2) is 0 Å². The van der Waals surface area contributed by atoms with Crippen molar-refractivity contribution in [3.8, 4) is 5.75 Å². The highest BCUT2D eigenvalue weighted by Gasteiger charge is 2.23. The predicted octanol–water partition coefficient (Wildman–Crippen LogP) is 1.62. The summed E-state index contributed by atoms with van der Waals surface area (Å²) in [4.78, 5) is 13.3. The lowest BCUT2D eigenvalue weighted by Crippen LogP contribution is -2.35. The molecule has 1 N–H and O–H groups in total. The molecule has 98 valence electrons. The summed E-state index contributed by atoms with van der Waals surface area (Å²) in [6.45, 7) is 0.120. The van der Waals surface area contributed by atoms with Crippen LogP contribution in [0.15, 0.2) is 18.2 Å². The van der Waals surface area contributed by atoms with Gasteiger partial charge in [0, 0.05) is 13.1 Å². The van der Waals surface area contributed by atoms with Gasteiger partial charge in [-0.1, -0.05) is 6.07 Å². The Hall–Kier alpha value is -1.20. The molecule has 1 aromatic rings. The number of thiol groups is 1. The highest BCUT2D eigenvalue weighted by Crippen LogP contribution is 2.34. The third-order valence-corrected chi connectivity index (χ3v) is 3.50. The number of likely N-dealkylation sites (N-methyl/N-ethyl adjacent to an activating group) is 1. The topological polar surface area (TPSA) is 41.6 Å². The molecule has 4 nitrogen and oxygen atoms in total. The van der Waals surface area contributed by atoms with Crippen LogP contribution in [-0.2, 0) is 4.79 Å². The van der Waals surface area contributed by atoms with Crippen LogP contribution in [0, 0.1) is 0 Å². The van der Waals surface area contributed by atoms with Gasteiger partial charge in [-0.15, -0.1) is 0 Å². The zero-order valence-electron chi connectivity index (χ0n) is 10.6. The number of hydrogen-bond acceptors (Lipinski definition) is 4. The molecule has 1 atom stereocenters. The summed E-state index contributed by atoms with van der Waals surface area (Å²) in [5.74, 6) is 1.56. The first-order valence-corrected chi connectivity index (χ1v) is 6.62. The number of carbonyl (C=O) groups excluding carboxylic acids is 1. The molecule has 0 fully saturated rings. The Morgan fingerprint density at radius 1 is 1.56 bits per heavy atom. The van der Waals surface area contributed by atoms with Crippen LogP contribution < -0.4 is 15.0 Å². The number of nitrogens with one attached hydrogen (secondary N) is 1. The van der Waals surface area contributed by atoms with Crippen LogP contribution in [-0.4, -0.2) is 32.4 Å². The van der Waals surface area contributed by atoms with Crippen LogP contribution in [0.2, 0.25) is 0 Å². The smallest absolute Gasteiger partial charge is 0.264 e. The van der Waals surface area contributed by atoms with Gasteiger partial charge >= 0.3 is 0 Å². The van der Waals surface area contributed by atoms with Crippen molar-refractivity contribution in [2.75, 3.05) is 31.4 Å². The molecule has 1 amide bonds. The lowest BCUT2D eigenvalue weighted by Gasteiger charge is -2.27. The Morgan fingerprint density at radius 2 is 2.33 bits per heavy atom. The molecule has 18 heavy (non-hydrogen) atoms. The van der Waals surface area contributed by atoms with Gasteiger partial charge in [0.25, 0.3) is 5.91 Å². The number of fused-ring (bicyclic) bond motifs is 1. The molecular formula is C13H18N2O2S. The van der Waals surface area contributed by atoms with Gasteiger partial charge < -0.3 is 15.0 Å². The molecule has 0 aliphatic carbocycles. The summed E-state index contributed by atoms with van der Waals surface area (Å²) in [5, 5.41) is 3.26. The first-order chi connectivity index (χ1) is 8.67. The maximum absolute atomic E-state index is 11.6. The fraction of sp³-hybridized carbons (Fsp3) is 0.462. The monoisotopic (exact) mass is 266 g/mol. The molecule has 5 heteroatoms. The second kappa shape index (κ2) is 5.63. The van der Waals surface area contributed by atoms with Gasteiger partial charge in [0.05, 0.1) is 5.69 Å². The molecule has 2 rings (SSSR count). The van der Waals surface area contributed by atoms with Crippen molar-refractivity contribution in [2.24, 2.45) is 0 Å². The lowest BCUT2D eigenvalue weighted by atomic mass is 10.0. The number of ether oxygens (including phenoxy) is 1. The Labute approximate surface area is 113 Å². The third kappa shape index (κ3) is 2.47. The second-order valence-electron chi connectivity index (χ2n) is 4.32. The number of rotatable bonds is 4. The van der Waals surface area contributed by atoms with E-state index in [1.54, 1.807) is 11.9 Å². The van der Waals surface area contributed by atoms with E-state index in [1.165, 1.54) is 0 Å². The lowest BCUT2D eigenvalue weighted by molar-refractivity contribution is -0.120. The second-order valence-corrected chi connectivity index (χ2v) is 4.77. The van der Waals surface area contributed by atoms with Gasteiger partial charge in [-0.2, -0.15) is 12.6 Å². The molecule has 0 saturated heterocycles. The molecule has 1 unspecified atom stereocenters. The first kappa shape index (κ1) is 13.2. The molecule has 1 heterocycles. The Bertz CT molecular complexity index is 451. The van der Waals surface area contributed by atoms with E-state index in [1.807, 2.05) is 25.2 Å². The molecule has 0 spiro atoms. The summed E-state index contributed by atoms with van der Waals surface area (Å²) in [5.41, 5.74) is 1.98. The van der Waals surface area contributed by atoms with E-state index in [0.717, 1.165) is 29.2 Å². The summed E-state index contributed by atoms with van der Waals surface area (Å²) in [6, 6.07) is 6.22. The molecule has 0 bridgehead atoms. The maximum Gasteiger partial charge on any atom is 0.264 e. The van der Waals surface area contributed by atoms with Crippen molar-refractivity contribution in [2.45, 2.75) is 12.5 Å². The minimum atomic E-state index is -0.0187. The Kier molecular flexibility index (Phi) is 4.14. The average molecular weight is 266 g/mol. The van der Waals surface area contributed by atoms with Crippen molar-refractivity contribution in [1.29, 1.82) is 0 Å². The molecule has 1 aliphatic rings. The van der Waals surface area contributed by atoms with Crippen molar-refractivity contribution >= 4 is 24.2 Å². The van der Waals surface area contributed by atoms with Crippen LogP contribution >= 0.6 is 12.6 Å². The predicted molar refractivity (Wildman–Crippen MR) is 75.6 cm³/mol. The minimum absolute atomic E-state index is 0.0187. The summed E-state index contributed by atoms with van der Waals surface area (Å²) in [6.07, 6.45) is 0.941. The zero-order valence-corrected chi connectivity index (χ0v) is 11.5. The molecule has 1 aliphatic heterocycles. The molecular weight excluding hydrogens is 248 g/mol. The van der Waals surface area contributed by atoms with Crippen LogP contribution in [0.1, 0.15) is 18.0 Å². The minimum Gasteiger partial charge on any atom is -0.482 e. The number of amides is 1. The van der Waals surface area contributed by atoms with Crippen LogP contribution in [0.25, 0.3) is 0 Å². The fourth-order valence-electron chi connectivity index (χ4n) is 2.11. The first-order valence-electron chi connectivity index (χ1n) is 5.98. The summed E-state index contributed by atoms with van der Waals surface area (Å²) in [7, 11) is 3.71. The van der Waals surface area contributed by atoms with Crippen molar-refractivity contribution in [3.05, 3.63) is 23.8 Å². The van der Waals surface area contributed by atoms with Crippen LogP contribution in [0.3, 0.4) is 0 Å². The SMILES string of the molecule is CNC(CCS)c1ccc2c(c1)N(C)C(=O)CO2. The molecule has 0 radical (unpaired) electrons. The third-order valence-electron chi connectivity index (χ3n) is 3.24. The van der Waals surface area contributed by atoms with Crippen molar-refractivity contribution in [3.63, 3.8) is 0 Å². The highest BCUT2D eigenvalue weighted by atomic mass is 32.1. The standard InChI is InChI=1S/C13H18N2O2S/c1-14-10(5-6-18)9-3-4-12-11(7-9)15(2)13(16)8-17-12/h3-4,7,10,14,18H,5-6,8H2,1-2H3. The fourth-order valence-corrected chi connectivity index (χ4v) is 2.37. The van der Waals surface area contributed by atoms with Crippen LogP contribution in [0.4, 0.5) is 5.69 Å². The van der Waals surface area contributed by atoms with E-state index >= 15 is 0 Å². The quantitative estimate of drug-likeness (QED) is 0.814. The van der Waals surface area contributed by atoms with Gasteiger partial charge in [0.2, 0.25) is 0 Å². The van der Waals surface area contributed by atoms with Gasteiger partial charge in [0.15, 0.2) is 6.61 Å². The van der Waals surface area contributed by atoms with Gasteiger partial charge in [0.1, 0.15) is 5.75 Å². The highest BCUT2D eigenvalue weighted by molar-refractivity contribution is 7.80. The van der Waals surface area contributed by atoms with Crippen LogP contribution in [0.5, 0.6) is 5.75 Å². The maximum atomic E-state index is 11.6. The van der Waals surface area contributed by atoms with Crippen molar-refractivity contribution in [1.82, 2.24) is 5.32 Å². The number of anilines is 1. The zero-order chi connectivity index (χ0) is 13.1. The summed E-state index contributed by atoms with van der Waals surface area (Å²) < 4.78 is 5.41. The van der Waals surface area contributed by atoms with E-state index < -0.39 is 0 Å². The number of hydrogen-bond donors (Lipinski definition) is 2. The Morgan fingerprint density at radius 3 is 3.00 bits per heavy atom. The number of carbonyl (C=O) groups is 1. The van der Waals surface area contributed by atoms with Gasteiger partial charge in [-0.3, -0.25) is 4.79 Å². The van der Waals surface area contributed by atoms with Gasteiger partial charge in [-0.05, 0) is 36.9 Å². The van der Waals surface area contributed by atoms with Crippen molar-refractivity contribution < 1.29 is 9.53 Å². The van der Waals surface area contributed by atoms with E-state index in [9.17, 15) is 4.79 Å². The Balaban J connectivity index is 2.33. The normalized spacial score (nSPS) is 16.2. The number of nitrogens with zero attached hydrogens (tertiary/aromatic N) is 1. The van der Waals surface area contributed by atoms with E-state index in [-0.39, 0.29) is 18.6 Å². The number of benzene rings is 1. The molecule has 0 saturated carbocycles. The van der Waals surface area contributed by atoms with E-state index in [0.29, 0.717) is 0 Å². The largest absolute Gasteiger partial charge is 0.482 e. The molecule has 1 aromatic carbocycles. The average Bonchev–Trinajstić information content (AvgIpc) is 2.40. The van der Waals surface area contributed by atoms with E-state index in [4.69, 9.17) is 4.74 Å². The summed E-state index contributed by atoms with van der Waals surface area (Å²) >= 11 is 4.27.